The van der Waals surface area contributed by atoms with Crippen LogP contribution in [0.5, 0.6) is 0 Å². The predicted octanol–water partition coefficient (Wildman–Crippen LogP) is 2.62. The van der Waals surface area contributed by atoms with Crippen LogP contribution >= 0.6 is 0 Å². The summed E-state index contributed by atoms with van der Waals surface area (Å²) < 4.78 is 29.2. The summed E-state index contributed by atoms with van der Waals surface area (Å²) in [5.41, 5.74) is 8.85. The van der Waals surface area contributed by atoms with Gasteiger partial charge in [0.05, 0.1) is 0 Å². The third-order valence-corrected chi connectivity index (χ3v) is 3.15. The van der Waals surface area contributed by atoms with Gasteiger partial charge in [-0.25, -0.2) is 0 Å². The largest absolute Gasteiger partial charge is 0.333 e. The van der Waals surface area contributed by atoms with E-state index in [2.05, 4.69) is 14.7 Å². The summed E-state index contributed by atoms with van der Waals surface area (Å²) in [6.07, 6.45) is -0.939. The third-order valence-electron chi connectivity index (χ3n) is 3.15. The highest BCUT2D eigenvalue weighted by Gasteiger charge is 2.21. The second-order valence-electron chi connectivity index (χ2n) is 4.32. The number of halogens is 2. The van der Waals surface area contributed by atoms with E-state index in [0.29, 0.717) is 5.56 Å². The van der Waals surface area contributed by atoms with Gasteiger partial charge in [0.15, 0.2) is 0 Å². The van der Waals surface area contributed by atoms with Crippen molar-refractivity contribution in [2.75, 3.05) is 0 Å². The van der Waals surface area contributed by atoms with Crippen molar-refractivity contribution in [1.29, 1.82) is 0 Å². The molecule has 6 heteroatoms. The lowest BCUT2D eigenvalue weighted by atomic mass is 10.0. The van der Waals surface area contributed by atoms with E-state index in [1.54, 1.807) is 6.07 Å². The lowest BCUT2D eigenvalue weighted by molar-refractivity contribution is 0.106. The van der Waals surface area contributed by atoms with Gasteiger partial charge in [-0.1, -0.05) is 17.3 Å². The molecule has 94 valence electrons. The maximum Gasteiger partial charge on any atom is 0.315 e. The van der Waals surface area contributed by atoms with E-state index in [-0.39, 0.29) is 11.9 Å². The molecule has 2 aromatic rings. The minimum absolute atomic E-state index is 0.0657. The van der Waals surface area contributed by atoms with Gasteiger partial charge in [0.25, 0.3) is 5.89 Å². The van der Waals surface area contributed by atoms with Crippen molar-refractivity contribution in [3.63, 3.8) is 0 Å². The molecule has 1 aliphatic carbocycles. The van der Waals surface area contributed by atoms with Crippen molar-refractivity contribution < 1.29 is 13.3 Å². The Balaban J connectivity index is 1.97. The van der Waals surface area contributed by atoms with Crippen molar-refractivity contribution in [3.05, 3.63) is 35.2 Å². The Morgan fingerprint density at radius 3 is 2.94 bits per heavy atom. The lowest BCUT2D eigenvalue weighted by Crippen LogP contribution is -2.04. The van der Waals surface area contributed by atoms with E-state index in [4.69, 9.17) is 5.73 Å². The van der Waals surface area contributed by atoms with Gasteiger partial charge in [0, 0.05) is 11.6 Å². The lowest BCUT2D eigenvalue weighted by Gasteiger charge is -2.04. The number of nitrogens with zero attached hydrogens (tertiary/aromatic N) is 2. The summed E-state index contributed by atoms with van der Waals surface area (Å²) in [5.74, 6) is -0.462. The SMILES string of the molecule is N[C@@H]1CCc2cc(-c3noc(C(F)F)n3)ccc21. The standard InChI is InChI=1S/C12H11F2N3O/c13-10(14)12-16-11(17-18-12)7-1-3-8-6(5-7)2-4-9(8)15/h1,3,5,9-10H,2,4,15H2/t9-/m1/s1. The zero-order valence-corrected chi connectivity index (χ0v) is 9.44. The van der Waals surface area contributed by atoms with Crippen LogP contribution in [0.25, 0.3) is 11.4 Å². The summed E-state index contributed by atoms with van der Waals surface area (Å²) in [6, 6.07) is 5.64. The first-order valence-corrected chi connectivity index (χ1v) is 5.65. The van der Waals surface area contributed by atoms with Crippen LogP contribution in [0.1, 0.15) is 35.9 Å². The first-order chi connectivity index (χ1) is 8.65. The molecule has 1 aromatic carbocycles. The number of hydrogen-bond acceptors (Lipinski definition) is 4. The predicted molar refractivity (Wildman–Crippen MR) is 59.9 cm³/mol. The number of hydrogen-bond donors (Lipinski definition) is 1. The van der Waals surface area contributed by atoms with Crippen molar-refractivity contribution >= 4 is 0 Å². The molecule has 4 nitrogen and oxygen atoms in total. The fourth-order valence-corrected chi connectivity index (χ4v) is 2.23. The van der Waals surface area contributed by atoms with Gasteiger partial charge in [0.1, 0.15) is 0 Å². The number of aromatic nitrogens is 2. The molecule has 1 heterocycles. The minimum atomic E-state index is -2.74. The zero-order chi connectivity index (χ0) is 12.7. The van der Waals surface area contributed by atoms with E-state index in [0.717, 1.165) is 24.0 Å². The molecule has 0 saturated carbocycles. The number of nitrogens with two attached hydrogens (primary N) is 1. The average molecular weight is 251 g/mol. The van der Waals surface area contributed by atoms with Crippen LogP contribution in [0.2, 0.25) is 0 Å². The van der Waals surface area contributed by atoms with Crippen molar-refractivity contribution in [2.45, 2.75) is 25.3 Å². The van der Waals surface area contributed by atoms with Crippen molar-refractivity contribution in [3.8, 4) is 11.4 Å². The Morgan fingerprint density at radius 1 is 1.39 bits per heavy atom. The third kappa shape index (κ3) is 1.78. The molecular formula is C12H11F2N3O. The summed E-state index contributed by atoms with van der Waals surface area (Å²) in [7, 11) is 0. The molecule has 0 fully saturated rings. The maximum absolute atomic E-state index is 12.4. The number of aryl methyl sites for hydroxylation is 1. The van der Waals surface area contributed by atoms with Crippen LogP contribution in [-0.4, -0.2) is 10.1 Å². The Morgan fingerprint density at radius 2 is 2.22 bits per heavy atom. The minimum Gasteiger partial charge on any atom is -0.333 e. The molecule has 0 spiro atoms. The summed E-state index contributed by atoms with van der Waals surface area (Å²) in [4.78, 5) is 3.67. The second kappa shape index (κ2) is 4.13. The van der Waals surface area contributed by atoms with Gasteiger partial charge in [0.2, 0.25) is 5.82 Å². The normalized spacial score (nSPS) is 18.3. The highest BCUT2D eigenvalue weighted by Crippen LogP contribution is 2.32. The van der Waals surface area contributed by atoms with E-state index in [1.807, 2.05) is 12.1 Å². The van der Waals surface area contributed by atoms with Crippen LogP contribution < -0.4 is 5.73 Å². The number of rotatable bonds is 2. The molecule has 1 aromatic heterocycles. The molecule has 18 heavy (non-hydrogen) atoms. The van der Waals surface area contributed by atoms with Crippen LogP contribution in [-0.2, 0) is 6.42 Å². The molecule has 0 amide bonds. The van der Waals surface area contributed by atoms with Crippen molar-refractivity contribution in [2.24, 2.45) is 5.73 Å². The Kier molecular flexibility index (Phi) is 2.59. The molecule has 1 atom stereocenters. The highest BCUT2D eigenvalue weighted by molar-refractivity contribution is 5.58. The molecule has 2 N–H and O–H groups in total. The van der Waals surface area contributed by atoms with Gasteiger partial charge >= 0.3 is 6.43 Å². The van der Waals surface area contributed by atoms with Crippen LogP contribution in [0.15, 0.2) is 22.7 Å². The Labute approximate surface area is 102 Å². The van der Waals surface area contributed by atoms with E-state index >= 15 is 0 Å². The van der Waals surface area contributed by atoms with Gasteiger partial charge in [-0.15, -0.1) is 0 Å². The number of fused-ring (bicyclic) bond motifs is 1. The number of benzene rings is 1. The molecule has 0 bridgehead atoms. The van der Waals surface area contributed by atoms with Gasteiger partial charge in [-0.05, 0) is 30.0 Å². The van der Waals surface area contributed by atoms with Crippen LogP contribution in [0.3, 0.4) is 0 Å². The van der Waals surface area contributed by atoms with Gasteiger partial charge in [-0.3, -0.25) is 0 Å². The first kappa shape index (κ1) is 11.3. The topological polar surface area (TPSA) is 64.9 Å². The maximum atomic E-state index is 12.4. The van der Waals surface area contributed by atoms with Gasteiger partial charge < -0.3 is 10.3 Å². The Hall–Kier alpha value is -1.82. The van der Waals surface area contributed by atoms with E-state index < -0.39 is 12.3 Å². The van der Waals surface area contributed by atoms with Crippen LogP contribution in [0, 0.1) is 0 Å². The Bertz CT molecular complexity index is 582. The molecule has 0 aliphatic heterocycles. The van der Waals surface area contributed by atoms with Crippen molar-refractivity contribution in [1.82, 2.24) is 10.1 Å². The smallest absolute Gasteiger partial charge is 0.315 e. The fraction of sp³-hybridized carbons (Fsp3) is 0.333. The molecule has 0 saturated heterocycles. The molecule has 1 aliphatic rings. The van der Waals surface area contributed by atoms with E-state index in [1.165, 1.54) is 0 Å². The quantitative estimate of drug-likeness (QED) is 0.891. The average Bonchev–Trinajstić information content (AvgIpc) is 2.96. The van der Waals surface area contributed by atoms with Crippen LogP contribution in [0.4, 0.5) is 8.78 Å². The number of alkyl halides is 2. The monoisotopic (exact) mass is 251 g/mol. The van der Waals surface area contributed by atoms with Gasteiger partial charge in [-0.2, -0.15) is 13.8 Å². The summed E-state index contributed by atoms with van der Waals surface area (Å²) in [6.45, 7) is 0. The molecule has 0 radical (unpaired) electrons. The summed E-state index contributed by atoms with van der Waals surface area (Å²) in [5, 5.41) is 3.55. The molecule has 3 rings (SSSR count). The highest BCUT2D eigenvalue weighted by atomic mass is 19.3. The zero-order valence-electron chi connectivity index (χ0n) is 9.44. The van der Waals surface area contributed by atoms with E-state index in [9.17, 15) is 8.78 Å². The second-order valence-corrected chi connectivity index (χ2v) is 4.32. The first-order valence-electron chi connectivity index (χ1n) is 5.65. The summed E-state index contributed by atoms with van der Waals surface area (Å²) >= 11 is 0. The fourth-order valence-electron chi connectivity index (χ4n) is 2.23. The molecule has 0 unspecified atom stereocenters. The molecular weight excluding hydrogens is 240 g/mol.